The number of fused-ring (bicyclic) bond motifs is 1. The summed E-state index contributed by atoms with van der Waals surface area (Å²) >= 11 is 0. The molecule has 0 radical (unpaired) electrons. The van der Waals surface area contributed by atoms with Gasteiger partial charge in [-0.05, 0) is 67.2 Å². The molecule has 4 aliphatic carbocycles. The lowest BCUT2D eigenvalue weighted by molar-refractivity contribution is -0.194. The van der Waals surface area contributed by atoms with Gasteiger partial charge in [0.15, 0.2) is 5.78 Å². The van der Waals surface area contributed by atoms with Gasteiger partial charge in [-0.15, -0.1) is 0 Å². The van der Waals surface area contributed by atoms with Crippen LogP contribution in [0.4, 0.5) is 0 Å². The van der Waals surface area contributed by atoms with Gasteiger partial charge in [0, 0.05) is 43.3 Å². The minimum Gasteiger partial charge on any atom is -0.508 e. The van der Waals surface area contributed by atoms with Crippen LogP contribution in [0.2, 0.25) is 0 Å². The first-order valence-electron chi connectivity index (χ1n) is 13.4. The van der Waals surface area contributed by atoms with Crippen molar-refractivity contribution in [2.75, 3.05) is 13.1 Å². The van der Waals surface area contributed by atoms with Crippen molar-refractivity contribution in [3.63, 3.8) is 0 Å². The van der Waals surface area contributed by atoms with Gasteiger partial charge in [0.2, 0.25) is 5.91 Å². The summed E-state index contributed by atoms with van der Waals surface area (Å²) < 4.78 is 0. The van der Waals surface area contributed by atoms with Crippen molar-refractivity contribution in [1.29, 1.82) is 0 Å². The zero-order chi connectivity index (χ0) is 23.7. The zero-order valence-corrected chi connectivity index (χ0v) is 20.3. The van der Waals surface area contributed by atoms with Crippen molar-refractivity contribution in [2.45, 2.75) is 94.2 Å². The van der Waals surface area contributed by atoms with Gasteiger partial charge in [0.05, 0.1) is 11.6 Å². The highest BCUT2D eigenvalue weighted by atomic mass is 16.3. The minimum atomic E-state index is -1.13. The molecule has 4 fully saturated rings. The van der Waals surface area contributed by atoms with E-state index in [1.165, 1.54) is 19.3 Å². The van der Waals surface area contributed by atoms with Gasteiger partial charge >= 0.3 is 0 Å². The predicted octanol–water partition coefficient (Wildman–Crippen LogP) is 3.08. The molecule has 1 aliphatic heterocycles. The second kappa shape index (κ2) is 8.06. The number of Topliss-reactive ketones (excluding diaryl/α,β-unsaturated/α-hetero) is 1. The van der Waals surface area contributed by atoms with E-state index in [2.05, 4.69) is 17.1 Å². The third-order valence-electron chi connectivity index (χ3n) is 9.94. The Labute approximate surface area is 202 Å². The molecule has 0 spiro atoms. The molecule has 34 heavy (non-hydrogen) atoms. The molecule has 2 bridgehead atoms. The van der Waals surface area contributed by atoms with E-state index in [1.54, 1.807) is 12.1 Å². The second-order valence-electron chi connectivity index (χ2n) is 12.0. The third-order valence-corrected chi connectivity index (χ3v) is 9.94. The van der Waals surface area contributed by atoms with E-state index in [0.29, 0.717) is 12.3 Å². The van der Waals surface area contributed by atoms with Crippen molar-refractivity contribution < 1.29 is 19.8 Å². The van der Waals surface area contributed by atoms with Crippen LogP contribution < -0.4 is 5.32 Å². The molecule has 1 heterocycles. The van der Waals surface area contributed by atoms with E-state index in [0.717, 1.165) is 49.9 Å². The highest BCUT2D eigenvalue weighted by Gasteiger charge is 2.69. The molecule has 1 aromatic carbocycles. The van der Waals surface area contributed by atoms with Gasteiger partial charge in [-0.1, -0.05) is 32.3 Å². The summed E-state index contributed by atoms with van der Waals surface area (Å²) in [5.74, 6) is 0.942. The topological polar surface area (TPSA) is 89.9 Å². The van der Waals surface area contributed by atoms with Crippen molar-refractivity contribution in [3.8, 4) is 5.75 Å². The summed E-state index contributed by atoms with van der Waals surface area (Å²) in [5.41, 5.74) is 0.221. The van der Waals surface area contributed by atoms with Crippen LogP contribution in [-0.4, -0.2) is 57.6 Å². The first kappa shape index (κ1) is 22.5. The summed E-state index contributed by atoms with van der Waals surface area (Å²) in [7, 11) is 0. The Hall–Kier alpha value is -1.92. The molecule has 184 valence electrons. The Morgan fingerprint density at radius 2 is 1.94 bits per heavy atom. The molecular formula is C28H38N2O4. The standard InChI is InChI=1S/C28H38N2O4/c1-17-15-30(16-18-7-8-18)25-11-20-9-10-21(31)12-22(20)27(17)14-24(32)23(13-28(25,27)34)29-26(33)19-5-3-2-4-6-19/h9-10,12,17-19,23,25,31,34H,2-8,11,13-16H2,1H3,(H,29,33)/t17-,23-,25+,27-,28+/m0/s1. The quantitative estimate of drug-likeness (QED) is 0.635. The fourth-order valence-corrected chi connectivity index (χ4v) is 8.01. The maximum Gasteiger partial charge on any atom is 0.223 e. The van der Waals surface area contributed by atoms with Gasteiger partial charge in [0.1, 0.15) is 5.75 Å². The third kappa shape index (κ3) is 3.35. The number of nitrogens with one attached hydrogen (secondary N) is 1. The Kier molecular flexibility index (Phi) is 5.34. The number of aromatic hydroxyl groups is 1. The normalized spacial score (nSPS) is 38.2. The first-order chi connectivity index (χ1) is 16.3. The smallest absolute Gasteiger partial charge is 0.223 e. The highest BCUT2D eigenvalue weighted by Crippen LogP contribution is 2.60. The van der Waals surface area contributed by atoms with E-state index in [4.69, 9.17) is 0 Å². The number of carbonyl (C=O) groups is 2. The number of hydrogen-bond acceptors (Lipinski definition) is 5. The van der Waals surface area contributed by atoms with Crippen LogP contribution in [0.15, 0.2) is 18.2 Å². The summed E-state index contributed by atoms with van der Waals surface area (Å²) in [6.45, 7) is 4.01. The fraction of sp³-hybridized carbons (Fsp3) is 0.714. The number of phenols is 1. The molecule has 3 N–H and O–H groups in total. The van der Waals surface area contributed by atoms with E-state index in [1.807, 2.05) is 6.07 Å². The van der Waals surface area contributed by atoms with Crippen LogP contribution in [-0.2, 0) is 21.4 Å². The number of rotatable bonds is 4. The van der Waals surface area contributed by atoms with E-state index in [9.17, 15) is 19.8 Å². The summed E-state index contributed by atoms with van der Waals surface area (Å²) in [5, 5.41) is 26.1. The Bertz CT molecular complexity index is 1000. The maximum absolute atomic E-state index is 13.6. The van der Waals surface area contributed by atoms with Crippen LogP contribution in [0.1, 0.15) is 75.8 Å². The van der Waals surface area contributed by atoms with Gasteiger partial charge in [-0.25, -0.2) is 0 Å². The zero-order valence-electron chi connectivity index (χ0n) is 20.3. The largest absolute Gasteiger partial charge is 0.508 e. The number of hydrogen-bond donors (Lipinski definition) is 3. The maximum atomic E-state index is 13.6. The molecule has 0 aromatic heterocycles. The minimum absolute atomic E-state index is 0.0131. The molecule has 1 aromatic rings. The second-order valence-corrected chi connectivity index (χ2v) is 12.0. The van der Waals surface area contributed by atoms with Crippen LogP contribution >= 0.6 is 0 Å². The van der Waals surface area contributed by atoms with Crippen molar-refractivity contribution in [2.24, 2.45) is 17.8 Å². The number of nitrogens with zero attached hydrogens (tertiary/aromatic N) is 1. The first-order valence-corrected chi connectivity index (χ1v) is 13.4. The lowest BCUT2D eigenvalue weighted by Crippen LogP contribution is -2.78. The van der Waals surface area contributed by atoms with Crippen LogP contribution in [0.25, 0.3) is 0 Å². The number of piperidine rings is 1. The number of carbonyl (C=O) groups excluding carboxylic acids is 2. The van der Waals surface area contributed by atoms with E-state index in [-0.39, 0.29) is 48.2 Å². The Morgan fingerprint density at radius 3 is 2.68 bits per heavy atom. The van der Waals surface area contributed by atoms with Crippen LogP contribution in [0, 0.1) is 17.8 Å². The van der Waals surface area contributed by atoms with Crippen LogP contribution in [0.3, 0.4) is 0 Å². The van der Waals surface area contributed by atoms with Gasteiger partial charge < -0.3 is 15.5 Å². The predicted molar refractivity (Wildman–Crippen MR) is 128 cm³/mol. The van der Waals surface area contributed by atoms with Crippen molar-refractivity contribution in [3.05, 3.63) is 29.3 Å². The average Bonchev–Trinajstić information content (AvgIpc) is 3.63. The number of aliphatic hydroxyl groups is 1. The molecule has 6 rings (SSSR count). The van der Waals surface area contributed by atoms with E-state index < -0.39 is 17.1 Å². The number of benzene rings is 1. The number of phenolic OH excluding ortho intramolecular Hbond substituents is 1. The molecular weight excluding hydrogens is 428 g/mol. The summed E-state index contributed by atoms with van der Waals surface area (Å²) in [6.07, 6.45) is 8.79. The van der Waals surface area contributed by atoms with Crippen molar-refractivity contribution in [1.82, 2.24) is 10.2 Å². The molecule has 6 heteroatoms. The number of likely N-dealkylation sites (tertiary alicyclic amines) is 1. The molecule has 1 amide bonds. The monoisotopic (exact) mass is 466 g/mol. The molecule has 1 saturated heterocycles. The van der Waals surface area contributed by atoms with E-state index >= 15 is 0 Å². The molecule has 0 unspecified atom stereocenters. The highest BCUT2D eigenvalue weighted by molar-refractivity contribution is 5.92. The SMILES string of the molecule is C[C@H]1CN(CC2CC2)[C@@H]2Cc3ccc(O)cc3[C@]13CC(=O)[C@@H](NC(=O)C1CCCCC1)C[C@@]23O. The molecule has 3 saturated carbocycles. The average molecular weight is 467 g/mol. The Morgan fingerprint density at radius 1 is 1.18 bits per heavy atom. The van der Waals surface area contributed by atoms with Gasteiger partial charge in [0.25, 0.3) is 0 Å². The summed E-state index contributed by atoms with van der Waals surface area (Å²) in [6, 6.07) is 4.78. The Balaban J connectivity index is 1.37. The number of ketones is 1. The van der Waals surface area contributed by atoms with Gasteiger partial charge in [-0.2, -0.15) is 0 Å². The lowest BCUT2D eigenvalue weighted by atomic mass is 9.45. The lowest BCUT2D eigenvalue weighted by Gasteiger charge is -2.66. The molecule has 5 atom stereocenters. The fourth-order valence-electron chi connectivity index (χ4n) is 8.01. The van der Waals surface area contributed by atoms with Gasteiger partial charge in [-0.3, -0.25) is 14.5 Å². The molecule has 6 nitrogen and oxygen atoms in total. The molecule has 5 aliphatic rings. The number of amides is 1. The summed E-state index contributed by atoms with van der Waals surface area (Å²) in [4.78, 5) is 29.1. The van der Waals surface area contributed by atoms with Crippen LogP contribution in [0.5, 0.6) is 5.75 Å². The van der Waals surface area contributed by atoms with Crippen molar-refractivity contribution >= 4 is 11.7 Å².